The van der Waals surface area contributed by atoms with Crippen molar-refractivity contribution in [2.75, 3.05) is 16.8 Å². The van der Waals surface area contributed by atoms with Gasteiger partial charge in [-0.05, 0) is 55.3 Å². The lowest BCUT2D eigenvalue weighted by atomic mass is 10.1. The van der Waals surface area contributed by atoms with Gasteiger partial charge in [-0.15, -0.1) is 0 Å². The summed E-state index contributed by atoms with van der Waals surface area (Å²) in [7, 11) is 0. The van der Waals surface area contributed by atoms with E-state index in [0.29, 0.717) is 23.6 Å². The monoisotopic (exact) mass is 328 g/mol. The molecule has 1 fully saturated rings. The highest BCUT2D eigenvalue weighted by Gasteiger charge is 2.22. The van der Waals surface area contributed by atoms with Gasteiger partial charge in [0.1, 0.15) is 0 Å². The van der Waals surface area contributed by atoms with Crippen LogP contribution in [0.1, 0.15) is 28.8 Å². The van der Waals surface area contributed by atoms with E-state index in [-0.39, 0.29) is 11.8 Å². The van der Waals surface area contributed by atoms with Crippen LogP contribution in [0.15, 0.2) is 42.5 Å². The summed E-state index contributed by atoms with van der Waals surface area (Å²) in [4.78, 5) is 26.0. The third-order valence-corrected chi connectivity index (χ3v) is 4.17. The second-order valence-electron chi connectivity index (χ2n) is 5.61. The SMILES string of the molecule is Cc1cc(Cl)ccc1NC(=O)c1cccc(N2CCCC2=O)c1. The van der Waals surface area contributed by atoms with Crippen LogP contribution >= 0.6 is 11.6 Å². The number of amides is 2. The van der Waals surface area contributed by atoms with Crippen molar-refractivity contribution in [2.45, 2.75) is 19.8 Å². The number of anilines is 2. The maximum Gasteiger partial charge on any atom is 0.255 e. The van der Waals surface area contributed by atoms with Gasteiger partial charge >= 0.3 is 0 Å². The lowest BCUT2D eigenvalue weighted by Crippen LogP contribution is -2.24. The molecule has 4 nitrogen and oxygen atoms in total. The van der Waals surface area contributed by atoms with Crippen molar-refractivity contribution in [3.8, 4) is 0 Å². The molecule has 118 valence electrons. The van der Waals surface area contributed by atoms with Crippen LogP contribution in [0.5, 0.6) is 0 Å². The summed E-state index contributed by atoms with van der Waals surface area (Å²) in [6.45, 7) is 2.60. The third kappa shape index (κ3) is 3.37. The summed E-state index contributed by atoms with van der Waals surface area (Å²) < 4.78 is 0. The van der Waals surface area contributed by atoms with Crippen LogP contribution < -0.4 is 10.2 Å². The fourth-order valence-corrected chi connectivity index (χ4v) is 2.92. The molecule has 1 saturated heterocycles. The first-order valence-electron chi connectivity index (χ1n) is 7.52. The normalized spacial score (nSPS) is 14.2. The van der Waals surface area contributed by atoms with Gasteiger partial charge in [0.15, 0.2) is 0 Å². The minimum Gasteiger partial charge on any atom is -0.322 e. The molecule has 3 rings (SSSR count). The Balaban J connectivity index is 1.81. The Morgan fingerprint density at radius 1 is 1.22 bits per heavy atom. The van der Waals surface area contributed by atoms with Gasteiger partial charge in [-0.1, -0.05) is 17.7 Å². The molecule has 1 heterocycles. The van der Waals surface area contributed by atoms with Gasteiger partial charge in [0, 0.05) is 34.9 Å². The Bertz CT molecular complexity index is 773. The van der Waals surface area contributed by atoms with E-state index in [1.165, 1.54) is 0 Å². The predicted molar refractivity (Wildman–Crippen MR) is 92.2 cm³/mol. The van der Waals surface area contributed by atoms with Crippen molar-refractivity contribution in [2.24, 2.45) is 0 Å². The maximum absolute atomic E-state index is 12.5. The number of aryl methyl sites for hydroxylation is 1. The highest BCUT2D eigenvalue weighted by molar-refractivity contribution is 6.30. The first-order chi connectivity index (χ1) is 11.0. The number of hydrogen-bond donors (Lipinski definition) is 1. The van der Waals surface area contributed by atoms with Crippen molar-refractivity contribution in [1.29, 1.82) is 0 Å². The molecule has 1 N–H and O–H groups in total. The van der Waals surface area contributed by atoms with E-state index in [0.717, 1.165) is 23.4 Å². The van der Waals surface area contributed by atoms with Gasteiger partial charge in [-0.2, -0.15) is 0 Å². The molecule has 5 heteroatoms. The summed E-state index contributed by atoms with van der Waals surface area (Å²) in [5.74, 6) is -0.0972. The fourth-order valence-electron chi connectivity index (χ4n) is 2.70. The molecule has 1 aliphatic heterocycles. The number of benzene rings is 2. The van der Waals surface area contributed by atoms with Gasteiger partial charge in [-0.25, -0.2) is 0 Å². The molecule has 0 atom stereocenters. The largest absolute Gasteiger partial charge is 0.322 e. The number of carbonyl (C=O) groups excluding carboxylic acids is 2. The van der Waals surface area contributed by atoms with Crippen molar-refractivity contribution < 1.29 is 9.59 Å². The molecule has 0 unspecified atom stereocenters. The second-order valence-corrected chi connectivity index (χ2v) is 6.05. The molecule has 23 heavy (non-hydrogen) atoms. The number of nitrogens with zero attached hydrogens (tertiary/aromatic N) is 1. The van der Waals surface area contributed by atoms with E-state index in [1.807, 2.05) is 13.0 Å². The first-order valence-corrected chi connectivity index (χ1v) is 7.90. The lowest BCUT2D eigenvalue weighted by Gasteiger charge is -2.16. The van der Waals surface area contributed by atoms with Gasteiger partial charge in [0.2, 0.25) is 5.91 Å². The van der Waals surface area contributed by atoms with Crippen LogP contribution in [0.25, 0.3) is 0 Å². The molecular weight excluding hydrogens is 312 g/mol. The summed E-state index contributed by atoms with van der Waals surface area (Å²) in [5.41, 5.74) is 2.92. The van der Waals surface area contributed by atoms with Gasteiger partial charge < -0.3 is 10.2 Å². The molecule has 1 aliphatic rings. The van der Waals surface area contributed by atoms with Crippen LogP contribution in [-0.4, -0.2) is 18.4 Å². The number of carbonyl (C=O) groups is 2. The number of nitrogens with one attached hydrogen (secondary N) is 1. The molecule has 0 spiro atoms. The van der Waals surface area contributed by atoms with Gasteiger partial charge in [-0.3, -0.25) is 9.59 Å². The molecule has 0 saturated carbocycles. The van der Waals surface area contributed by atoms with E-state index in [4.69, 9.17) is 11.6 Å². The molecule has 0 aliphatic carbocycles. The zero-order chi connectivity index (χ0) is 16.4. The maximum atomic E-state index is 12.5. The smallest absolute Gasteiger partial charge is 0.255 e. The average molecular weight is 329 g/mol. The quantitative estimate of drug-likeness (QED) is 0.924. The van der Waals surface area contributed by atoms with E-state index in [2.05, 4.69) is 5.32 Å². The van der Waals surface area contributed by atoms with Crippen molar-refractivity contribution in [3.05, 3.63) is 58.6 Å². The lowest BCUT2D eigenvalue weighted by molar-refractivity contribution is -0.117. The molecule has 0 bridgehead atoms. The van der Waals surface area contributed by atoms with E-state index < -0.39 is 0 Å². The zero-order valence-corrected chi connectivity index (χ0v) is 13.6. The Labute approximate surface area is 140 Å². The zero-order valence-electron chi connectivity index (χ0n) is 12.8. The average Bonchev–Trinajstić information content (AvgIpc) is 2.96. The summed E-state index contributed by atoms with van der Waals surface area (Å²) in [6, 6.07) is 12.5. The number of hydrogen-bond acceptors (Lipinski definition) is 2. The van der Waals surface area contributed by atoms with Crippen molar-refractivity contribution in [3.63, 3.8) is 0 Å². The Hall–Kier alpha value is -2.33. The standard InChI is InChI=1S/C18H17ClN2O2/c1-12-10-14(19)7-8-16(12)20-18(23)13-4-2-5-15(11-13)21-9-3-6-17(21)22/h2,4-5,7-8,10-11H,3,6,9H2,1H3,(H,20,23). The molecule has 2 aromatic rings. The van der Waals surface area contributed by atoms with Crippen molar-refractivity contribution >= 4 is 34.8 Å². The second kappa shape index (κ2) is 6.42. The minimum atomic E-state index is -0.205. The Morgan fingerprint density at radius 3 is 2.74 bits per heavy atom. The molecular formula is C18H17ClN2O2. The van der Waals surface area contributed by atoms with E-state index in [1.54, 1.807) is 41.3 Å². The number of rotatable bonds is 3. The predicted octanol–water partition coefficient (Wildman–Crippen LogP) is 4.03. The third-order valence-electron chi connectivity index (χ3n) is 3.93. The van der Waals surface area contributed by atoms with Crippen LogP contribution in [0.2, 0.25) is 5.02 Å². The Morgan fingerprint density at radius 2 is 2.04 bits per heavy atom. The van der Waals surface area contributed by atoms with Gasteiger partial charge in [0.25, 0.3) is 5.91 Å². The highest BCUT2D eigenvalue weighted by Crippen LogP contribution is 2.24. The van der Waals surface area contributed by atoms with Crippen LogP contribution in [0, 0.1) is 6.92 Å². The van der Waals surface area contributed by atoms with Crippen LogP contribution in [-0.2, 0) is 4.79 Å². The number of halogens is 1. The van der Waals surface area contributed by atoms with E-state index in [9.17, 15) is 9.59 Å². The van der Waals surface area contributed by atoms with Crippen LogP contribution in [0.4, 0.5) is 11.4 Å². The summed E-state index contributed by atoms with van der Waals surface area (Å²) in [6.07, 6.45) is 1.43. The Kier molecular flexibility index (Phi) is 4.35. The molecule has 0 aromatic heterocycles. The minimum absolute atomic E-state index is 0.108. The topological polar surface area (TPSA) is 49.4 Å². The summed E-state index contributed by atoms with van der Waals surface area (Å²) in [5, 5.41) is 3.52. The summed E-state index contributed by atoms with van der Waals surface area (Å²) >= 11 is 5.93. The van der Waals surface area contributed by atoms with Crippen molar-refractivity contribution in [1.82, 2.24) is 0 Å². The van der Waals surface area contributed by atoms with Crippen LogP contribution in [0.3, 0.4) is 0 Å². The fraction of sp³-hybridized carbons (Fsp3) is 0.222. The highest BCUT2D eigenvalue weighted by atomic mass is 35.5. The molecule has 2 aromatic carbocycles. The molecule has 0 radical (unpaired) electrons. The van der Waals surface area contributed by atoms with E-state index >= 15 is 0 Å². The first kappa shape index (κ1) is 15.6. The van der Waals surface area contributed by atoms with Gasteiger partial charge in [0.05, 0.1) is 0 Å². The molecule has 2 amide bonds.